The van der Waals surface area contributed by atoms with E-state index in [1.165, 1.54) is 24.9 Å². The van der Waals surface area contributed by atoms with Crippen molar-refractivity contribution in [3.8, 4) is 5.75 Å². The van der Waals surface area contributed by atoms with Crippen molar-refractivity contribution in [3.05, 3.63) is 53.1 Å². The molecule has 0 spiro atoms. The van der Waals surface area contributed by atoms with E-state index in [2.05, 4.69) is 28.1 Å². The first-order chi connectivity index (χ1) is 11.3. The van der Waals surface area contributed by atoms with Crippen LogP contribution in [0.25, 0.3) is 0 Å². The van der Waals surface area contributed by atoms with E-state index >= 15 is 0 Å². The third-order valence-electron chi connectivity index (χ3n) is 4.10. The Balaban J connectivity index is 1.82. The minimum absolute atomic E-state index is 0.687. The van der Waals surface area contributed by atoms with Gasteiger partial charge < -0.3 is 9.64 Å². The Kier molecular flexibility index (Phi) is 5.19. The average molecular weight is 329 g/mol. The third-order valence-corrected chi connectivity index (χ3v) is 4.33. The third kappa shape index (κ3) is 4.05. The second kappa shape index (κ2) is 7.51. The van der Waals surface area contributed by atoms with Gasteiger partial charge in [0.25, 0.3) is 0 Å². The van der Waals surface area contributed by atoms with Gasteiger partial charge in [-0.15, -0.1) is 0 Å². The molecule has 0 saturated carbocycles. The smallest absolute Gasteiger partial charge is 0.129 e. The summed E-state index contributed by atoms with van der Waals surface area (Å²) in [6.07, 6.45) is 5.68. The fourth-order valence-corrected chi connectivity index (χ4v) is 3.04. The fourth-order valence-electron chi connectivity index (χ4n) is 2.86. The van der Waals surface area contributed by atoms with Gasteiger partial charge in [0.2, 0.25) is 0 Å². The lowest BCUT2D eigenvalue weighted by Crippen LogP contribution is -2.29. The fraction of sp³-hybridized carbons (Fsp3) is 0.316. The minimum atomic E-state index is 0.687. The van der Waals surface area contributed by atoms with Crippen LogP contribution in [0.1, 0.15) is 24.8 Å². The highest BCUT2D eigenvalue weighted by atomic mass is 35.5. The van der Waals surface area contributed by atoms with Gasteiger partial charge in [-0.1, -0.05) is 17.7 Å². The summed E-state index contributed by atoms with van der Waals surface area (Å²) in [5, 5.41) is 0.687. The zero-order valence-corrected chi connectivity index (χ0v) is 14.1. The van der Waals surface area contributed by atoms with Crippen LogP contribution < -0.4 is 9.64 Å². The number of benzene rings is 2. The second-order valence-electron chi connectivity index (χ2n) is 5.71. The first kappa shape index (κ1) is 15.9. The molecule has 1 aliphatic rings. The van der Waals surface area contributed by atoms with E-state index < -0.39 is 0 Å². The molecule has 0 bridgehead atoms. The number of piperidine rings is 1. The molecule has 0 N–H and O–H groups in total. The SMILES string of the molecule is COc1cc(N2CCCCC2)ccc1C=Nc1cccc(Cl)c1. The van der Waals surface area contributed by atoms with Crippen molar-refractivity contribution >= 4 is 29.2 Å². The molecule has 4 heteroatoms. The van der Waals surface area contributed by atoms with Crippen LogP contribution in [0.3, 0.4) is 0 Å². The van der Waals surface area contributed by atoms with E-state index in [0.717, 1.165) is 30.1 Å². The number of methoxy groups -OCH3 is 1. The number of hydrogen-bond donors (Lipinski definition) is 0. The zero-order chi connectivity index (χ0) is 16.1. The molecule has 0 amide bonds. The van der Waals surface area contributed by atoms with Crippen LogP contribution in [0, 0.1) is 0 Å². The Labute approximate surface area is 142 Å². The summed E-state index contributed by atoms with van der Waals surface area (Å²) >= 11 is 5.99. The molecular formula is C19H21ClN2O. The lowest BCUT2D eigenvalue weighted by atomic mass is 10.1. The van der Waals surface area contributed by atoms with Crippen molar-refractivity contribution in [2.45, 2.75) is 19.3 Å². The summed E-state index contributed by atoms with van der Waals surface area (Å²) in [5.74, 6) is 0.846. The number of nitrogens with zero attached hydrogens (tertiary/aromatic N) is 2. The van der Waals surface area contributed by atoms with Crippen LogP contribution in [0.5, 0.6) is 5.75 Å². The number of rotatable bonds is 4. The number of hydrogen-bond acceptors (Lipinski definition) is 3. The zero-order valence-electron chi connectivity index (χ0n) is 13.3. The van der Waals surface area contributed by atoms with E-state index in [1.54, 1.807) is 7.11 Å². The van der Waals surface area contributed by atoms with E-state index in [0.29, 0.717) is 5.02 Å². The number of aliphatic imine (C=N–C) groups is 1. The van der Waals surface area contributed by atoms with Crippen molar-refractivity contribution in [2.24, 2.45) is 4.99 Å². The molecule has 3 nitrogen and oxygen atoms in total. The summed E-state index contributed by atoms with van der Waals surface area (Å²) < 4.78 is 5.54. The van der Waals surface area contributed by atoms with Crippen LogP contribution in [-0.2, 0) is 0 Å². The lowest BCUT2D eigenvalue weighted by Gasteiger charge is -2.29. The second-order valence-corrected chi connectivity index (χ2v) is 6.15. The largest absolute Gasteiger partial charge is 0.496 e. The van der Waals surface area contributed by atoms with Gasteiger partial charge in [0.05, 0.1) is 12.8 Å². The minimum Gasteiger partial charge on any atom is -0.496 e. The van der Waals surface area contributed by atoms with Crippen LogP contribution >= 0.6 is 11.6 Å². The number of anilines is 1. The van der Waals surface area contributed by atoms with E-state index in [-0.39, 0.29) is 0 Å². The maximum absolute atomic E-state index is 5.99. The summed E-state index contributed by atoms with van der Waals surface area (Å²) in [6.45, 7) is 2.25. The molecule has 23 heavy (non-hydrogen) atoms. The first-order valence-corrected chi connectivity index (χ1v) is 8.37. The Morgan fingerprint density at radius 1 is 1.09 bits per heavy atom. The van der Waals surface area contributed by atoms with Crippen LogP contribution in [-0.4, -0.2) is 26.4 Å². The molecule has 120 valence electrons. The van der Waals surface area contributed by atoms with E-state index in [1.807, 2.05) is 30.5 Å². The Morgan fingerprint density at radius 3 is 2.65 bits per heavy atom. The van der Waals surface area contributed by atoms with Gasteiger partial charge in [-0.2, -0.15) is 0 Å². The molecule has 1 fully saturated rings. The molecule has 0 atom stereocenters. The molecule has 0 unspecified atom stereocenters. The van der Waals surface area contributed by atoms with Gasteiger partial charge in [-0.3, -0.25) is 4.99 Å². The Bertz CT molecular complexity index is 694. The summed E-state index contributed by atoms with van der Waals surface area (Å²) in [7, 11) is 1.70. The molecule has 0 aliphatic carbocycles. The highest BCUT2D eigenvalue weighted by Gasteiger charge is 2.12. The van der Waals surface area contributed by atoms with Crippen molar-refractivity contribution < 1.29 is 4.74 Å². The van der Waals surface area contributed by atoms with Crippen molar-refractivity contribution in [1.82, 2.24) is 0 Å². The summed E-state index contributed by atoms with van der Waals surface area (Å²) in [6, 6.07) is 13.8. The molecule has 2 aromatic carbocycles. The van der Waals surface area contributed by atoms with Gasteiger partial charge in [0.1, 0.15) is 5.75 Å². The predicted octanol–water partition coefficient (Wildman–Crippen LogP) is 5.09. The highest BCUT2D eigenvalue weighted by molar-refractivity contribution is 6.30. The number of ether oxygens (including phenoxy) is 1. The topological polar surface area (TPSA) is 24.8 Å². The van der Waals surface area contributed by atoms with Crippen molar-refractivity contribution in [3.63, 3.8) is 0 Å². The maximum atomic E-state index is 5.99. The number of halogens is 1. The van der Waals surface area contributed by atoms with E-state index in [4.69, 9.17) is 16.3 Å². The Hall–Kier alpha value is -2.00. The standard InChI is InChI=1S/C19H21ClN2O/c1-23-19-13-18(22-10-3-2-4-11-22)9-8-15(19)14-21-17-7-5-6-16(20)12-17/h5-9,12-14H,2-4,10-11H2,1H3. The molecule has 2 aromatic rings. The quantitative estimate of drug-likeness (QED) is 0.730. The summed E-state index contributed by atoms with van der Waals surface area (Å²) in [5.41, 5.74) is 3.02. The van der Waals surface area contributed by atoms with Gasteiger partial charge in [-0.05, 0) is 49.6 Å². The van der Waals surface area contributed by atoms with Crippen LogP contribution in [0.2, 0.25) is 5.02 Å². The maximum Gasteiger partial charge on any atom is 0.129 e. The van der Waals surface area contributed by atoms with Gasteiger partial charge in [-0.25, -0.2) is 0 Å². The molecule has 3 rings (SSSR count). The Morgan fingerprint density at radius 2 is 1.91 bits per heavy atom. The van der Waals surface area contributed by atoms with E-state index in [9.17, 15) is 0 Å². The van der Waals surface area contributed by atoms with Crippen LogP contribution in [0.4, 0.5) is 11.4 Å². The summed E-state index contributed by atoms with van der Waals surface area (Å²) in [4.78, 5) is 6.91. The monoisotopic (exact) mass is 328 g/mol. The molecule has 0 aromatic heterocycles. The highest BCUT2D eigenvalue weighted by Crippen LogP contribution is 2.27. The van der Waals surface area contributed by atoms with Crippen molar-refractivity contribution in [2.75, 3.05) is 25.1 Å². The molecular weight excluding hydrogens is 308 g/mol. The molecule has 1 heterocycles. The lowest BCUT2D eigenvalue weighted by molar-refractivity contribution is 0.414. The predicted molar refractivity (Wildman–Crippen MR) is 97.8 cm³/mol. The average Bonchev–Trinajstić information content (AvgIpc) is 2.60. The first-order valence-electron chi connectivity index (χ1n) is 7.99. The van der Waals surface area contributed by atoms with Crippen LogP contribution in [0.15, 0.2) is 47.5 Å². The van der Waals surface area contributed by atoms with Crippen molar-refractivity contribution in [1.29, 1.82) is 0 Å². The van der Waals surface area contributed by atoms with Gasteiger partial charge >= 0.3 is 0 Å². The van der Waals surface area contributed by atoms with Gasteiger partial charge in [0, 0.05) is 41.6 Å². The molecule has 1 aliphatic heterocycles. The molecule has 1 saturated heterocycles. The van der Waals surface area contributed by atoms with Gasteiger partial charge in [0.15, 0.2) is 0 Å². The normalized spacial score (nSPS) is 15.1. The molecule has 0 radical (unpaired) electrons.